The fourth-order valence-corrected chi connectivity index (χ4v) is 1.93. The van der Waals surface area contributed by atoms with Crippen molar-refractivity contribution in [2.24, 2.45) is 4.99 Å². The Morgan fingerprint density at radius 3 is 2.82 bits per heavy atom. The first-order chi connectivity index (χ1) is 8.21. The summed E-state index contributed by atoms with van der Waals surface area (Å²) in [5.74, 6) is 0.865. The Balaban J connectivity index is 2.76. The second kappa shape index (κ2) is 7.01. The average molecular weight is 250 g/mol. The molecule has 0 amide bonds. The number of hydrogen-bond acceptors (Lipinski definition) is 3. The van der Waals surface area contributed by atoms with Crippen LogP contribution >= 0.6 is 11.8 Å². The second-order valence-corrected chi connectivity index (χ2v) is 4.19. The lowest BCUT2D eigenvalue weighted by molar-refractivity contribution is 0.414. The molecule has 0 N–H and O–H groups in total. The molecule has 0 unspecified atom stereocenters. The molecule has 1 aromatic carbocycles. The molecule has 4 heteroatoms. The van der Waals surface area contributed by atoms with Crippen molar-refractivity contribution in [2.45, 2.75) is 0 Å². The molecule has 0 aromatic heterocycles. The van der Waals surface area contributed by atoms with Gasteiger partial charge in [-0.15, -0.1) is 0 Å². The molecule has 0 spiro atoms. The molecule has 0 aliphatic rings. The van der Waals surface area contributed by atoms with Crippen molar-refractivity contribution in [3.63, 3.8) is 0 Å². The highest BCUT2D eigenvalue weighted by Gasteiger charge is 1.99. The SMILES string of the molecule is CN=C(SC)N(C)/C=C/c1cccc(OC)c1. The van der Waals surface area contributed by atoms with Crippen molar-refractivity contribution < 1.29 is 4.74 Å². The lowest BCUT2D eigenvalue weighted by Crippen LogP contribution is -2.16. The smallest absolute Gasteiger partial charge is 0.162 e. The summed E-state index contributed by atoms with van der Waals surface area (Å²) in [6, 6.07) is 7.94. The maximum atomic E-state index is 5.18. The zero-order valence-electron chi connectivity index (χ0n) is 10.7. The first-order valence-electron chi connectivity index (χ1n) is 5.27. The van der Waals surface area contributed by atoms with Crippen LogP contribution in [0.1, 0.15) is 5.56 Å². The Bertz CT molecular complexity index is 416. The third kappa shape index (κ3) is 4.15. The highest BCUT2D eigenvalue weighted by atomic mass is 32.2. The third-order valence-electron chi connectivity index (χ3n) is 2.26. The number of thioether (sulfide) groups is 1. The first-order valence-corrected chi connectivity index (χ1v) is 6.49. The minimum Gasteiger partial charge on any atom is -0.497 e. The van der Waals surface area contributed by atoms with Gasteiger partial charge in [0.25, 0.3) is 0 Å². The quantitative estimate of drug-likeness (QED) is 0.609. The molecule has 0 fully saturated rings. The molecule has 1 aromatic rings. The van der Waals surface area contributed by atoms with Crippen LogP contribution in [0.3, 0.4) is 0 Å². The van der Waals surface area contributed by atoms with Crippen molar-refractivity contribution in [1.29, 1.82) is 0 Å². The van der Waals surface area contributed by atoms with E-state index in [0.717, 1.165) is 16.5 Å². The number of aliphatic imine (C=N–C) groups is 1. The van der Waals surface area contributed by atoms with Crippen molar-refractivity contribution in [2.75, 3.05) is 27.5 Å². The number of ether oxygens (including phenoxy) is 1. The first kappa shape index (κ1) is 13.6. The van der Waals surface area contributed by atoms with E-state index in [1.165, 1.54) is 0 Å². The van der Waals surface area contributed by atoms with E-state index in [2.05, 4.69) is 4.99 Å². The molecule has 0 aliphatic heterocycles. The Hall–Kier alpha value is -1.42. The average Bonchev–Trinajstić information content (AvgIpc) is 2.38. The van der Waals surface area contributed by atoms with Crippen molar-refractivity contribution in [3.05, 3.63) is 36.0 Å². The van der Waals surface area contributed by atoms with Crippen LogP contribution in [0, 0.1) is 0 Å². The summed E-state index contributed by atoms with van der Waals surface area (Å²) >= 11 is 1.62. The standard InChI is InChI=1S/C13H18N2OS/c1-14-13(17-4)15(2)9-8-11-6-5-7-12(10-11)16-3/h5-10H,1-4H3/b9-8+,14-13?. The zero-order chi connectivity index (χ0) is 12.7. The lowest BCUT2D eigenvalue weighted by Gasteiger charge is -2.13. The molecule has 0 atom stereocenters. The van der Waals surface area contributed by atoms with Crippen LogP contribution in [-0.4, -0.2) is 37.5 Å². The van der Waals surface area contributed by atoms with Gasteiger partial charge in [0.05, 0.1) is 7.11 Å². The van der Waals surface area contributed by atoms with Crippen LogP contribution < -0.4 is 4.74 Å². The van der Waals surface area contributed by atoms with Crippen molar-refractivity contribution >= 4 is 23.0 Å². The minimum atomic E-state index is 0.865. The fraction of sp³-hybridized carbons (Fsp3) is 0.308. The van der Waals surface area contributed by atoms with Gasteiger partial charge in [-0.05, 0) is 30.0 Å². The van der Waals surface area contributed by atoms with Crippen LogP contribution in [0.5, 0.6) is 5.75 Å². The van der Waals surface area contributed by atoms with E-state index < -0.39 is 0 Å². The molecule has 3 nitrogen and oxygen atoms in total. The monoisotopic (exact) mass is 250 g/mol. The maximum Gasteiger partial charge on any atom is 0.162 e. The van der Waals surface area contributed by atoms with Crippen LogP contribution in [-0.2, 0) is 0 Å². The molecule has 0 radical (unpaired) electrons. The van der Waals surface area contributed by atoms with E-state index in [-0.39, 0.29) is 0 Å². The number of hydrogen-bond donors (Lipinski definition) is 0. The van der Waals surface area contributed by atoms with E-state index >= 15 is 0 Å². The Labute approximate surface area is 107 Å². The molecule has 1 rings (SSSR count). The van der Waals surface area contributed by atoms with Gasteiger partial charge >= 0.3 is 0 Å². The number of benzene rings is 1. The van der Waals surface area contributed by atoms with Gasteiger partial charge in [0.2, 0.25) is 0 Å². The van der Waals surface area contributed by atoms with Gasteiger partial charge in [-0.2, -0.15) is 0 Å². The lowest BCUT2D eigenvalue weighted by atomic mass is 10.2. The zero-order valence-corrected chi connectivity index (χ0v) is 11.5. The van der Waals surface area contributed by atoms with Crippen molar-refractivity contribution in [3.8, 4) is 5.75 Å². The molecule has 92 valence electrons. The van der Waals surface area contributed by atoms with Crippen LogP contribution in [0.25, 0.3) is 6.08 Å². The van der Waals surface area contributed by atoms with E-state index in [9.17, 15) is 0 Å². The maximum absolute atomic E-state index is 5.18. The number of rotatable bonds is 3. The Morgan fingerprint density at radius 1 is 1.47 bits per heavy atom. The molecule has 0 bridgehead atoms. The van der Waals surface area contributed by atoms with E-state index in [1.54, 1.807) is 25.9 Å². The van der Waals surface area contributed by atoms with Gasteiger partial charge in [-0.1, -0.05) is 23.9 Å². The summed E-state index contributed by atoms with van der Waals surface area (Å²) in [5, 5.41) is 0.976. The summed E-state index contributed by atoms with van der Waals surface area (Å²) in [4.78, 5) is 6.17. The van der Waals surface area contributed by atoms with Gasteiger partial charge in [0.15, 0.2) is 5.17 Å². The van der Waals surface area contributed by atoms with E-state index in [0.29, 0.717) is 0 Å². The highest BCUT2D eigenvalue weighted by molar-refractivity contribution is 8.13. The van der Waals surface area contributed by atoms with Gasteiger partial charge in [-0.3, -0.25) is 4.99 Å². The van der Waals surface area contributed by atoms with E-state index in [1.807, 2.05) is 54.7 Å². The fourth-order valence-electron chi connectivity index (χ4n) is 1.40. The normalized spacial score (nSPS) is 11.9. The van der Waals surface area contributed by atoms with Gasteiger partial charge in [0.1, 0.15) is 5.75 Å². The molecule has 0 aliphatic carbocycles. The van der Waals surface area contributed by atoms with Gasteiger partial charge in [0, 0.05) is 20.3 Å². The summed E-state index contributed by atoms with van der Waals surface area (Å²) in [6.07, 6.45) is 6.04. The minimum absolute atomic E-state index is 0.865. The van der Waals surface area contributed by atoms with Crippen molar-refractivity contribution in [1.82, 2.24) is 4.90 Å². The second-order valence-electron chi connectivity index (χ2n) is 3.41. The highest BCUT2D eigenvalue weighted by Crippen LogP contribution is 2.14. The van der Waals surface area contributed by atoms with Gasteiger partial charge in [-0.25, -0.2) is 0 Å². The molecule has 17 heavy (non-hydrogen) atoms. The Kier molecular flexibility index (Phi) is 5.63. The predicted molar refractivity (Wildman–Crippen MR) is 76.7 cm³/mol. The third-order valence-corrected chi connectivity index (χ3v) is 3.10. The number of nitrogens with zero attached hydrogens (tertiary/aromatic N) is 2. The Morgan fingerprint density at radius 2 is 2.24 bits per heavy atom. The van der Waals surface area contributed by atoms with Crippen LogP contribution in [0.2, 0.25) is 0 Å². The molecular formula is C13H18N2OS. The largest absolute Gasteiger partial charge is 0.497 e. The van der Waals surface area contributed by atoms with Gasteiger partial charge < -0.3 is 9.64 Å². The molecule has 0 saturated heterocycles. The molecule has 0 heterocycles. The summed E-state index contributed by atoms with van der Waals surface area (Å²) < 4.78 is 5.18. The summed E-state index contributed by atoms with van der Waals surface area (Å²) in [6.45, 7) is 0. The van der Waals surface area contributed by atoms with Crippen LogP contribution in [0.15, 0.2) is 35.5 Å². The van der Waals surface area contributed by atoms with E-state index in [4.69, 9.17) is 4.74 Å². The summed E-state index contributed by atoms with van der Waals surface area (Å²) in [5.41, 5.74) is 1.10. The predicted octanol–water partition coefficient (Wildman–Crippen LogP) is 2.95. The summed E-state index contributed by atoms with van der Waals surface area (Å²) in [7, 11) is 5.45. The molecule has 0 saturated carbocycles. The van der Waals surface area contributed by atoms with Crippen LogP contribution in [0.4, 0.5) is 0 Å². The number of amidine groups is 1. The topological polar surface area (TPSA) is 24.8 Å². The number of methoxy groups -OCH3 is 1. The molecular weight excluding hydrogens is 232 g/mol.